The van der Waals surface area contributed by atoms with Crippen molar-refractivity contribution in [2.45, 2.75) is 6.42 Å². The van der Waals surface area contributed by atoms with Gasteiger partial charge in [0.05, 0.1) is 11.6 Å². The van der Waals surface area contributed by atoms with Gasteiger partial charge < -0.3 is 16.9 Å². The van der Waals surface area contributed by atoms with E-state index in [2.05, 4.69) is 10.4 Å². The van der Waals surface area contributed by atoms with Crippen LogP contribution in [0, 0.1) is 11.3 Å². The highest BCUT2D eigenvalue weighted by molar-refractivity contribution is 8.13. The number of nitrogens with two attached hydrogens (primary N) is 2. The van der Waals surface area contributed by atoms with Crippen LogP contribution < -0.4 is 16.9 Å². The molecule has 7 heteroatoms. The van der Waals surface area contributed by atoms with Gasteiger partial charge in [-0.05, 0) is 24.3 Å². The SMILES string of the molecule is N#Cc1ccc(NC(=O)CCSC(N)=NN)cc1. The molecule has 0 spiro atoms. The van der Waals surface area contributed by atoms with E-state index in [0.29, 0.717) is 23.4 Å². The van der Waals surface area contributed by atoms with Crippen LogP contribution in [0.4, 0.5) is 5.69 Å². The predicted molar refractivity (Wildman–Crippen MR) is 72.7 cm³/mol. The Morgan fingerprint density at radius 1 is 1.44 bits per heavy atom. The third-order valence-corrected chi connectivity index (χ3v) is 2.81. The number of anilines is 1. The van der Waals surface area contributed by atoms with Crippen molar-refractivity contribution in [3.8, 4) is 6.07 Å². The Labute approximate surface area is 109 Å². The smallest absolute Gasteiger partial charge is 0.225 e. The fraction of sp³-hybridized carbons (Fsp3) is 0.182. The van der Waals surface area contributed by atoms with Gasteiger partial charge in [0.1, 0.15) is 0 Å². The zero-order valence-corrected chi connectivity index (χ0v) is 10.4. The lowest BCUT2D eigenvalue weighted by molar-refractivity contribution is -0.115. The summed E-state index contributed by atoms with van der Waals surface area (Å²) in [6.07, 6.45) is 0.306. The van der Waals surface area contributed by atoms with E-state index in [-0.39, 0.29) is 11.1 Å². The normalized spacial score (nSPS) is 10.7. The number of hydrogen-bond donors (Lipinski definition) is 3. The summed E-state index contributed by atoms with van der Waals surface area (Å²) in [6, 6.07) is 8.65. The summed E-state index contributed by atoms with van der Waals surface area (Å²) in [7, 11) is 0. The third kappa shape index (κ3) is 4.76. The average molecular weight is 263 g/mol. The number of nitriles is 1. The molecular weight excluding hydrogens is 250 g/mol. The number of hydrogen-bond acceptors (Lipinski definition) is 5. The Morgan fingerprint density at radius 2 is 2.11 bits per heavy atom. The number of rotatable bonds is 4. The zero-order chi connectivity index (χ0) is 13.4. The first-order chi connectivity index (χ1) is 8.65. The topological polar surface area (TPSA) is 117 Å². The summed E-state index contributed by atoms with van der Waals surface area (Å²) < 4.78 is 0. The van der Waals surface area contributed by atoms with Crippen molar-refractivity contribution in [2.75, 3.05) is 11.1 Å². The van der Waals surface area contributed by atoms with Crippen molar-refractivity contribution in [3.05, 3.63) is 29.8 Å². The Bertz CT molecular complexity index is 477. The van der Waals surface area contributed by atoms with Crippen molar-refractivity contribution in [1.82, 2.24) is 0 Å². The van der Waals surface area contributed by atoms with Crippen LogP contribution in [-0.2, 0) is 4.79 Å². The number of benzene rings is 1. The molecule has 6 nitrogen and oxygen atoms in total. The third-order valence-electron chi connectivity index (χ3n) is 2.00. The molecule has 1 aromatic carbocycles. The number of carbonyl (C=O) groups excluding carboxylic acids is 1. The molecule has 0 atom stereocenters. The maximum Gasteiger partial charge on any atom is 0.225 e. The van der Waals surface area contributed by atoms with Crippen molar-refractivity contribution in [3.63, 3.8) is 0 Å². The van der Waals surface area contributed by atoms with Gasteiger partial charge in [0.25, 0.3) is 0 Å². The second-order valence-corrected chi connectivity index (χ2v) is 4.42. The number of thioether (sulfide) groups is 1. The Balaban J connectivity index is 2.38. The molecule has 0 bridgehead atoms. The summed E-state index contributed by atoms with van der Waals surface area (Å²) >= 11 is 1.22. The Morgan fingerprint density at radius 3 is 2.67 bits per heavy atom. The minimum absolute atomic E-state index is 0.128. The van der Waals surface area contributed by atoms with Gasteiger partial charge in [-0.3, -0.25) is 4.79 Å². The fourth-order valence-electron chi connectivity index (χ4n) is 1.14. The van der Waals surface area contributed by atoms with E-state index in [9.17, 15) is 4.79 Å². The summed E-state index contributed by atoms with van der Waals surface area (Å²) in [5.41, 5.74) is 6.58. The highest BCUT2D eigenvalue weighted by Gasteiger charge is 2.03. The second-order valence-electron chi connectivity index (χ2n) is 3.30. The molecule has 0 saturated carbocycles. The largest absolute Gasteiger partial charge is 0.377 e. The minimum Gasteiger partial charge on any atom is -0.377 e. The molecule has 0 saturated heterocycles. The van der Waals surface area contributed by atoms with Crippen LogP contribution in [0.15, 0.2) is 29.4 Å². The molecule has 0 aliphatic rings. The summed E-state index contributed by atoms with van der Waals surface area (Å²) in [6.45, 7) is 0. The van der Waals surface area contributed by atoms with Crippen LogP contribution in [-0.4, -0.2) is 16.8 Å². The lowest BCUT2D eigenvalue weighted by Crippen LogP contribution is -2.15. The minimum atomic E-state index is -0.128. The lowest BCUT2D eigenvalue weighted by atomic mass is 10.2. The molecule has 0 radical (unpaired) electrons. The van der Waals surface area contributed by atoms with E-state index in [1.807, 2.05) is 6.07 Å². The molecule has 0 unspecified atom stereocenters. The monoisotopic (exact) mass is 263 g/mol. The maximum atomic E-state index is 11.5. The van der Waals surface area contributed by atoms with Crippen LogP contribution in [0.3, 0.4) is 0 Å². The molecule has 0 aliphatic heterocycles. The van der Waals surface area contributed by atoms with E-state index in [0.717, 1.165) is 0 Å². The average Bonchev–Trinajstić information content (AvgIpc) is 2.39. The van der Waals surface area contributed by atoms with Crippen LogP contribution in [0.25, 0.3) is 0 Å². The van der Waals surface area contributed by atoms with Crippen molar-refractivity contribution >= 4 is 28.5 Å². The second kappa shape index (κ2) is 7.19. The van der Waals surface area contributed by atoms with Gasteiger partial charge in [0.2, 0.25) is 5.91 Å². The van der Waals surface area contributed by atoms with Crippen LogP contribution >= 0.6 is 11.8 Å². The highest BCUT2D eigenvalue weighted by Crippen LogP contribution is 2.10. The van der Waals surface area contributed by atoms with E-state index < -0.39 is 0 Å². The summed E-state index contributed by atoms with van der Waals surface area (Å²) in [5.74, 6) is 5.34. The summed E-state index contributed by atoms with van der Waals surface area (Å²) in [5, 5.41) is 14.9. The first-order valence-electron chi connectivity index (χ1n) is 5.12. The van der Waals surface area contributed by atoms with Gasteiger partial charge >= 0.3 is 0 Å². The van der Waals surface area contributed by atoms with Gasteiger partial charge in [-0.1, -0.05) is 11.8 Å². The van der Waals surface area contributed by atoms with Crippen LogP contribution in [0.2, 0.25) is 0 Å². The van der Waals surface area contributed by atoms with E-state index in [1.54, 1.807) is 24.3 Å². The number of amides is 1. The van der Waals surface area contributed by atoms with E-state index in [4.69, 9.17) is 16.8 Å². The molecule has 1 rings (SSSR count). The van der Waals surface area contributed by atoms with Crippen molar-refractivity contribution < 1.29 is 4.79 Å². The van der Waals surface area contributed by atoms with Gasteiger partial charge in [0, 0.05) is 17.9 Å². The Kier molecular flexibility index (Phi) is 5.54. The Hall–Kier alpha value is -2.20. The first-order valence-corrected chi connectivity index (χ1v) is 6.10. The van der Waals surface area contributed by atoms with E-state index in [1.165, 1.54) is 11.8 Å². The van der Waals surface area contributed by atoms with Crippen LogP contribution in [0.1, 0.15) is 12.0 Å². The number of carbonyl (C=O) groups is 1. The molecule has 0 fully saturated rings. The molecule has 94 valence electrons. The lowest BCUT2D eigenvalue weighted by Gasteiger charge is -2.04. The number of hydrazone groups is 1. The van der Waals surface area contributed by atoms with Gasteiger partial charge in [-0.15, -0.1) is 0 Å². The number of amidine groups is 1. The number of nitrogens with one attached hydrogen (secondary N) is 1. The van der Waals surface area contributed by atoms with Gasteiger partial charge in [-0.25, -0.2) is 0 Å². The number of nitrogens with zero attached hydrogens (tertiary/aromatic N) is 2. The molecule has 18 heavy (non-hydrogen) atoms. The molecule has 1 aromatic rings. The van der Waals surface area contributed by atoms with Gasteiger partial charge in [0.15, 0.2) is 5.17 Å². The standard InChI is InChI=1S/C11H13N5OS/c12-7-8-1-3-9(4-2-8)15-10(17)5-6-18-11(13)16-14/h1-4H,5-6,14H2,(H2,13,16)(H,15,17). The quantitative estimate of drug-likeness (QED) is 0.321. The summed E-state index contributed by atoms with van der Waals surface area (Å²) in [4.78, 5) is 11.5. The first kappa shape index (κ1) is 13.9. The zero-order valence-electron chi connectivity index (χ0n) is 9.59. The molecule has 0 heterocycles. The van der Waals surface area contributed by atoms with Crippen molar-refractivity contribution in [1.29, 1.82) is 5.26 Å². The molecular formula is C11H13N5OS. The van der Waals surface area contributed by atoms with Crippen molar-refractivity contribution in [2.24, 2.45) is 16.7 Å². The molecule has 0 aromatic heterocycles. The molecule has 0 aliphatic carbocycles. The fourth-order valence-corrected chi connectivity index (χ4v) is 1.71. The maximum absolute atomic E-state index is 11.5. The molecule has 5 N–H and O–H groups in total. The van der Waals surface area contributed by atoms with Crippen LogP contribution in [0.5, 0.6) is 0 Å². The molecule has 1 amide bonds. The highest BCUT2D eigenvalue weighted by atomic mass is 32.2. The van der Waals surface area contributed by atoms with Gasteiger partial charge in [-0.2, -0.15) is 10.4 Å². The van der Waals surface area contributed by atoms with E-state index >= 15 is 0 Å². The predicted octanol–water partition coefficient (Wildman–Crippen LogP) is 0.808.